The molecule has 0 aliphatic carbocycles. The van der Waals surface area contributed by atoms with Crippen LogP contribution in [0.1, 0.15) is 18.4 Å². The molecule has 0 bridgehead atoms. The van der Waals surface area contributed by atoms with Crippen LogP contribution in [-0.4, -0.2) is 36.3 Å². The maximum Gasteiger partial charge on any atom is 0.121 e. The number of nitrogens with zero attached hydrogens (tertiary/aromatic N) is 1. The van der Waals surface area contributed by atoms with Gasteiger partial charge in [-0.25, -0.2) is 0 Å². The lowest BCUT2D eigenvalue weighted by Crippen LogP contribution is -2.35. The van der Waals surface area contributed by atoms with E-state index in [1.165, 1.54) is 5.56 Å². The molecule has 94 valence electrons. The summed E-state index contributed by atoms with van der Waals surface area (Å²) < 4.78 is 5.20. The molecule has 2 rings (SSSR count). The van der Waals surface area contributed by atoms with Crippen molar-refractivity contribution >= 4 is 5.69 Å². The molecule has 0 atom stereocenters. The Morgan fingerprint density at radius 3 is 2.71 bits per heavy atom. The molecule has 1 aromatic carbocycles. The predicted molar refractivity (Wildman–Crippen MR) is 67.9 cm³/mol. The summed E-state index contributed by atoms with van der Waals surface area (Å²) in [4.78, 5) is 2.33. The van der Waals surface area contributed by atoms with E-state index in [0.717, 1.165) is 43.9 Å². The van der Waals surface area contributed by atoms with E-state index in [2.05, 4.69) is 4.90 Å². The molecule has 1 aliphatic rings. The van der Waals surface area contributed by atoms with Gasteiger partial charge in [0.2, 0.25) is 0 Å². The van der Waals surface area contributed by atoms with Gasteiger partial charge in [0.25, 0.3) is 0 Å². The first kappa shape index (κ1) is 12.2. The molecular weight excluding hydrogens is 216 g/mol. The molecule has 0 radical (unpaired) electrons. The minimum atomic E-state index is -0.123. The van der Waals surface area contributed by atoms with Crippen molar-refractivity contribution in [1.29, 1.82) is 0 Å². The summed E-state index contributed by atoms with van der Waals surface area (Å²) in [7, 11) is 1.65. The Balaban J connectivity index is 2.00. The van der Waals surface area contributed by atoms with E-state index in [4.69, 9.17) is 10.5 Å². The number of ether oxygens (including phenoxy) is 1. The van der Waals surface area contributed by atoms with Crippen LogP contribution in [0.15, 0.2) is 18.2 Å². The smallest absolute Gasteiger partial charge is 0.121 e. The Kier molecular flexibility index (Phi) is 3.86. The van der Waals surface area contributed by atoms with Crippen LogP contribution in [0.2, 0.25) is 0 Å². The van der Waals surface area contributed by atoms with E-state index in [1.807, 2.05) is 18.2 Å². The van der Waals surface area contributed by atoms with Gasteiger partial charge < -0.3 is 15.6 Å². The molecule has 3 N–H and O–H groups in total. The summed E-state index contributed by atoms with van der Waals surface area (Å²) in [5.74, 6) is 0.803. The van der Waals surface area contributed by atoms with Crippen LogP contribution < -0.4 is 10.5 Å². The monoisotopic (exact) mass is 236 g/mol. The summed E-state index contributed by atoms with van der Waals surface area (Å²) in [6, 6.07) is 5.82. The molecule has 1 aromatic rings. The van der Waals surface area contributed by atoms with E-state index in [-0.39, 0.29) is 6.10 Å². The molecule has 17 heavy (non-hydrogen) atoms. The molecule has 1 fully saturated rings. The highest BCUT2D eigenvalue weighted by molar-refractivity contribution is 5.47. The summed E-state index contributed by atoms with van der Waals surface area (Å²) in [5.41, 5.74) is 7.72. The Labute approximate surface area is 102 Å². The van der Waals surface area contributed by atoms with E-state index in [0.29, 0.717) is 0 Å². The highest BCUT2D eigenvalue weighted by atomic mass is 16.5. The third-order valence-corrected chi connectivity index (χ3v) is 3.19. The van der Waals surface area contributed by atoms with Crippen molar-refractivity contribution in [3.05, 3.63) is 23.8 Å². The largest absolute Gasteiger partial charge is 0.497 e. The van der Waals surface area contributed by atoms with Gasteiger partial charge in [-0.2, -0.15) is 0 Å². The third kappa shape index (κ3) is 3.35. The van der Waals surface area contributed by atoms with Crippen molar-refractivity contribution in [1.82, 2.24) is 4.90 Å². The van der Waals surface area contributed by atoms with E-state index >= 15 is 0 Å². The number of methoxy groups -OCH3 is 1. The number of benzene rings is 1. The number of likely N-dealkylation sites (tertiary alicyclic amines) is 1. The number of nitrogen functional groups attached to an aromatic ring is 1. The highest BCUT2D eigenvalue weighted by Crippen LogP contribution is 2.21. The summed E-state index contributed by atoms with van der Waals surface area (Å²) in [6.07, 6.45) is 1.60. The van der Waals surface area contributed by atoms with Crippen LogP contribution in [0, 0.1) is 0 Å². The standard InChI is InChI=1S/C13H20N2O2/c1-17-13-7-10(6-11(14)8-13)9-15-4-2-12(16)3-5-15/h6-8,12,16H,2-5,9,14H2,1H3. The van der Waals surface area contributed by atoms with Crippen LogP contribution in [0.5, 0.6) is 5.75 Å². The van der Waals surface area contributed by atoms with Gasteiger partial charge >= 0.3 is 0 Å². The molecule has 1 aliphatic heterocycles. The van der Waals surface area contributed by atoms with E-state index in [1.54, 1.807) is 7.11 Å². The van der Waals surface area contributed by atoms with Gasteiger partial charge in [-0.15, -0.1) is 0 Å². The minimum absolute atomic E-state index is 0.123. The second kappa shape index (κ2) is 5.38. The fourth-order valence-corrected chi connectivity index (χ4v) is 2.23. The van der Waals surface area contributed by atoms with Crippen LogP contribution in [0.4, 0.5) is 5.69 Å². The molecule has 0 aromatic heterocycles. The van der Waals surface area contributed by atoms with Gasteiger partial charge in [-0.05, 0) is 30.5 Å². The average molecular weight is 236 g/mol. The summed E-state index contributed by atoms with van der Waals surface area (Å²) in [5, 5.41) is 9.45. The molecule has 1 saturated heterocycles. The Hall–Kier alpha value is -1.26. The first-order valence-electron chi connectivity index (χ1n) is 6.01. The predicted octanol–water partition coefficient (Wildman–Crippen LogP) is 1.23. The van der Waals surface area contributed by atoms with Crippen LogP contribution in [0.3, 0.4) is 0 Å². The SMILES string of the molecule is COc1cc(N)cc(CN2CCC(O)CC2)c1. The first-order chi connectivity index (χ1) is 8.17. The van der Waals surface area contributed by atoms with Gasteiger partial charge in [-0.3, -0.25) is 4.90 Å². The first-order valence-corrected chi connectivity index (χ1v) is 6.01. The van der Waals surface area contributed by atoms with Crippen molar-refractivity contribution in [2.24, 2.45) is 0 Å². The zero-order valence-corrected chi connectivity index (χ0v) is 10.2. The average Bonchev–Trinajstić information content (AvgIpc) is 2.31. The number of rotatable bonds is 3. The number of nitrogens with two attached hydrogens (primary N) is 1. The zero-order chi connectivity index (χ0) is 12.3. The second-order valence-corrected chi connectivity index (χ2v) is 4.62. The Morgan fingerprint density at radius 2 is 2.06 bits per heavy atom. The molecule has 0 saturated carbocycles. The molecular formula is C13H20N2O2. The summed E-state index contributed by atoms with van der Waals surface area (Å²) >= 11 is 0. The topological polar surface area (TPSA) is 58.7 Å². The molecule has 4 nitrogen and oxygen atoms in total. The highest BCUT2D eigenvalue weighted by Gasteiger charge is 2.17. The lowest BCUT2D eigenvalue weighted by Gasteiger charge is -2.29. The van der Waals surface area contributed by atoms with Crippen molar-refractivity contribution in [3.8, 4) is 5.75 Å². The zero-order valence-electron chi connectivity index (χ0n) is 10.2. The number of aliphatic hydroxyl groups is 1. The number of aliphatic hydroxyl groups excluding tert-OH is 1. The van der Waals surface area contributed by atoms with Crippen molar-refractivity contribution in [2.45, 2.75) is 25.5 Å². The molecule has 0 amide bonds. The van der Waals surface area contributed by atoms with Gasteiger partial charge in [0, 0.05) is 31.4 Å². The lowest BCUT2D eigenvalue weighted by molar-refractivity contribution is 0.0792. The second-order valence-electron chi connectivity index (χ2n) is 4.62. The van der Waals surface area contributed by atoms with Crippen LogP contribution >= 0.6 is 0 Å². The molecule has 1 heterocycles. The maximum atomic E-state index is 9.45. The number of hydrogen-bond acceptors (Lipinski definition) is 4. The fourth-order valence-electron chi connectivity index (χ4n) is 2.23. The van der Waals surface area contributed by atoms with Crippen molar-refractivity contribution < 1.29 is 9.84 Å². The van der Waals surface area contributed by atoms with Crippen molar-refractivity contribution in [2.75, 3.05) is 25.9 Å². The minimum Gasteiger partial charge on any atom is -0.497 e. The number of piperidine rings is 1. The third-order valence-electron chi connectivity index (χ3n) is 3.19. The normalized spacial score (nSPS) is 18.2. The Morgan fingerprint density at radius 1 is 1.35 bits per heavy atom. The number of anilines is 1. The Bertz CT molecular complexity index is 374. The van der Waals surface area contributed by atoms with Crippen molar-refractivity contribution in [3.63, 3.8) is 0 Å². The number of hydrogen-bond donors (Lipinski definition) is 2. The van der Waals surface area contributed by atoms with Crippen LogP contribution in [0.25, 0.3) is 0 Å². The molecule has 0 spiro atoms. The van der Waals surface area contributed by atoms with Gasteiger partial charge in [-0.1, -0.05) is 0 Å². The molecule has 4 heteroatoms. The maximum absolute atomic E-state index is 9.45. The molecule has 0 unspecified atom stereocenters. The van der Waals surface area contributed by atoms with E-state index < -0.39 is 0 Å². The van der Waals surface area contributed by atoms with Crippen LogP contribution in [-0.2, 0) is 6.54 Å². The van der Waals surface area contributed by atoms with Gasteiger partial charge in [0.15, 0.2) is 0 Å². The van der Waals surface area contributed by atoms with Gasteiger partial charge in [0.05, 0.1) is 13.2 Å². The quantitative estimate of drug-likeness (QED) is 0.775. The summed E-state index contributed by atoms with van der Waals surface area (Å²) in [6.45, 7) is 2.75. The fraction of sp³-hybridized carbons (Fsp3) is 0.538. The lowest BCUT2D eigenvalue weighted by atomic mass is 10.1. The van der Waals surface area contributed by atoms with E-state index in [9.17, 15) is 5.11 Å². The van der Waals surface area contributed by atoms with Gasteiger partial charge in [0.1, 0.15) is 5.75 Å².